The third-order valence-corrected chi connectivity index (χ3v) is 3.88. The molecule has 1 atom stereocenters. The summed E-state index contributed by atoms with van der Waals surface area (Å²) in [7, 11) is 0. The first-order valence-corrected chi connectivity index (χ1v) is 6.54. The second-order valence-electron chi connectivity index (χ2n) is 3.62. The lowest BCUT2D eigenvalue weighted by molar-refractivity contribution is 0.169. The second kappa shape index (κ2) is 6.36. The van der Waals surface area contributed by atoms with Crippen molar-refractivity contribution in [2.24, 2.45) is 5.92 Å². The van der Waals surface area contributed by atoms with E-state index in [0.717, 1.165) is 4.48 Å². The molecule has 15 heavy (non-hydrogen) atoms. The van der Waals surface area contributed by atoms with E-state index in [9.17, 15) is 5.11 Å². The Morgan fingerprint density at radius 2 is 1.93 bits per heavy atom. The van der Waals surface area contributed by atoms with E-state index in [1.807, 2.05) is 49.6 Å². The number of halogens is 1. The molecule has 3 heteroatoms. The monoisotopic (exact) mass is 286 g/mol. The summed E-state index contributed by atoms with van der Waals surface area (Å²) in [5.74, 6) is 0.229. The molecule has 0 saturated carbocycles. The molecule has 0 aliphatic heterocycles. The smallest absolute Gasteiger partial charge is 0.0882 e. The van der Waals surface area contributed by atoms with Crippen molar-refractivity contribution in [3.05, 3.63) is 40.2 Å². The summed E-state index contributed by atoms with van der Waals surface area (Å²) in [5.41, 5.74) is 0. The van der Waals surface area contributed by atoms with Gasteiger partial charge < -0.3 is 5.11 Å². The zero-order chi connectivity index (χ0) is 11.3. The molecule has 0 aromatic heterocycles. The first kappa shape index (κ1) is 12.8. The van der Waals surface area contributed by atoms with E-state index in [-0.39, 0.29) is 5.92 Å². The Labute approximate surface area is 104 Å². The van der Waals surface area contributed by atoms with Crippen molar-refractivity contribution in [2.45, 2.75) is 24.8 Å². The summed E-state index contributed by atoms with van der Waals surface area (Å²) >= 11 is 5.00. The van der Waals surface area contributed by atoms with Gasteiger partial charge in [-0.1, -0.05) is 59.7 Å². The average Bonchev–Trinajstić information content (AvgIpc) is 2.26. The molecule has 0 bridgehead atoms. The fourth-order valence-electron chi connectivity index (χ4n) is 1.01. The third-order valence-electron chi connectivity index (χ3n) is 1.96. The summed E-state index contributed by atoms with van der Waals surface area (Å²) in [4.78, 5) is 1.17. The molecule has 1 rings (SSSR count). The van der Waals surface area contributed by atoms with Crippen LogP contribution in [0.3, 0.4) is 0 Å². The van der Waals surface area contributed by atoms with Crippen molar-refractivity contribution in [3.63, 3.8) is 0 Å². The Balaban J connectivity index is 2.58. The van der Waals surface area contributed by atoms with Crippen LogP contribution in [-0.2, 0) is 0 Å². The number of hydrogen-bond donors (Lipinski definition) is 1. The maximum absolute atomic E-state index is 9.74. The summed E-state index contributed by atoms with van der Waals surface area (Å²) in [6, 6.07) is 10.1. The van der Waals surface area contributed by atoms with Gasteiger partial charge in [-0.05, 0) is 23.5 Å². The number of thioether (sulfide) groups is 1. The molecule has 0 fully saturated rings. The van der Waals surface area contributed by atoms with E-state index in [4.69, 9.17) is 0 Å². The largest absolute Gasteiger partial charge is 0.388 e. The minimum absolute atomic E-state index is 0.229. The molecule has 0 aliphatic rings. The zero-order valence-electron chi connectivity index (χ0n) is 8.85. The van der Waals surface area contributed by atoms with Crippen LogP contribution in [0.4, 0.5) is 0 Å². The lowest BCUT2D eigenvalue weighted by Gasteiger charge is -2.13. The lowest BCUT2D eigenvalue weighted by atomic mass is 10.1. The van der Waals surface area contributed by atoms with Gasteiger partial charge in [0.2, 0.25) is 0 Å². The van der Waals surface area contributed by atoms with Gasteiger partial charge in [-0.15, -0.1) is 0 Å². The van der Waals surface area contributed by atoms with Gasteiger partial charge in [-0.3, -0.25) is 0 Å². The molecular formula is C12H15BrOS. The van der Waals surface area contributed by atoms with Gasteiger partial charge in [0, 0.05) is 9.38 Å². The van der Waals surface area contributed by atoms with Gasteiger partial charge in [-0.25, -0.2) is 0 Å². The summed E-state index contributed by atoms with van der Waals surface area (Å²) in [5, 5.41) is 11.7. The van der Waals surface area contributed by atoms with Crippen LogP contribution in [0, 0.1) is 5.92 Å². The molecule has 0 aliphatic carbocycles. The van der Waals surface area contributed by atoms with Gasteiger partial charge >= 0.3 is 0 Å². The van der Waals surface area contributed by atoms with E-state index >= 15 is 0 Å². The molecule has 1 aromatic rings. The van der Waals surface area contributed by atoms with Gasteiger partial charge in [-0.2, -0.15) is 0 Å². The quantitative estimate of drug-likeness (QED) is 0.844. The Bertz CT molecular complexity index is 322. The second-order valence-corrected chi connectivity index (χ2v) is 5.48. The molecule has 1 unspecified atom stereocenters. The van der Waals surface area contributed by atoms with Crippen molar-refractivity contribution in [3.8, 4) is 0 Å². The van der Waals surface area contributed by atoms with Crippen LogP contribution in [0.2, 0.25) is 0 Å². The van der Waals surface area contributed by atoms with E-state index in [2.05, 4.69) is 15.9 Å². The summed E-state index contributed by atoms with van der Waals surface area (Å²) in [6.07, 6.45) is -0.416. The average molecular weight is 287 g/mol. The Hall–Kier alpha value is -0.250. The molecule has 1 nitrogen and oxygen atoms in total. The van der Waals surface area contributed by atoms with E-state index < -0.39 is 6.10 Å². The Morgan fingerprint density at radius 3 is 2.47 bits per heavy atom. The first-order chi connectivity index (χ1) is 7.11. The maximum atomic E-state index is 9.74. The molecule has 0 spiro atoms. The van der Waals surface area contributed by atoms with Crippen molar-refractivity contribution in [2.75, 3.05) is 0 Å². The molecular weight excluding hydrogens is 272 g/mol. The predicted molar refractivity (Wildman–Crippen MR) is 70.2 cm³/mol. The number of aliphatic hydroxyl groups is 1. The van der Waals surface area contributed by atoms with Gasteiger partial charge in [0.25, 0.3) is 0 Å². The maximum Gasteiger partial charge on any atom is 0.0882 e. The van der Waals surface area contributed by atoms with E-state index in [1.165, 1.54) is 4.90 Å². The Morgan fingerprint density at radius 1 is 1.33 bits per heavy atom. The standard InChI is InChI=1S/C12H15BrOS/c1-9(2)12(14)11(13)8-15-10-6-4-3-5-7-10/h3-9,12,14H,1-2H3/b11-8-. The fraction of sp³-hybridized carbons (Fsp3) is 0.333. The third kappa shape index (κ3) is 4.41. The topological polar surface area (TPSA) is 20.2 Å². The highest BCUT2D eigenvalue weighted by Crippen LogP contribution is 2.26. The lowest BCUT2D eigenvalue weighted by Crippen LogP contribution is -2.13. The summed E-state index contributed by atoms with van der Waals surface area (Å²) < 4.78 is 0.839. The van der Waals surface area contributed by atoms with E-state index in [0.29, 0.717) is 0 Å². The van der Waals surface area contributed by atoms with Gasteiger partial charge in [0.1, 0.15) is 0 Å². The van der Waals surface area contributed by atoms with Gasteiger partial charge in [0.15, 0.2) is 0 Å². The number of benzene rings is 1. The fourth-order valence-corrected chi connectivity index (χ4v) is 2.52. The molecule has 1 aromatic carbocycles. The zero-order valence-corrected chi connectivity index (χ0v) is 11.3. The molecule has 0 amide bonds. The van der Waals surface area contributed by atoms with Crippen molar-refractivity contribution < 1.29 is 5.11 Å². The van der Waals surface area contributed by atoms with Crippen LogP contribution < -0.4 is 0 Å². The van der Waals surface area contributed by atoms with Crippen LogP contribution in [-0.4, -0.2) is 11.2 Å². The van der Waals surface area contributed by atoms with Crippen LogP contribution >= 0.6 is 27.7 Å². The molecule has 0 heterocycles. The highest BCUT2D eigenvalue weighted by molar-refractivity contribution is 9.11. The number of hydrogen-bond acceptors (Lipinski definition) is 2. The Kier molecular flexibility index (Phi) is 5.43. The van der Waals surface area contributed by atoms with Crippen LogP contribution in [0.5, 0.6) is 0 Å². The van der Waals surface area contributed by atoms with Crippen LogP contribution in [0.1, 0.15) is 13.8 Å². The molecule has 0 radical (unpaired) electrons. The normalized spacial score (nSPS) is 14.3. The van der Waals surface area contributed by atoms with Crippen LogP contribution in [0.15, 0.2) is 45.1 Å². The predicted octanol–water partition coefficient (Wildman–Crippen LogP) is 4.03. The van der Waals surface area contributed by atoms with Gasteiger partial charge in [0.05, 0.1) is 6.10 Å². The highest BCUT2D eigenvalue weighted by atomic mass is 79.9. The number of aliphatic hydroxyl groups excluding tert-OH is 1. The summed E-state index contributed by atoms with van der Waals surface area (Å²) in [6.45, 7) is 3.99. The minimum atomic E-state index is -0.416. The van der Waals surface area contributed by atoms with E-state index in [1.54, 1.807) is 11.8 Å². The minimum Gasteiger partial charge on any atom is -0.388 e. The van der Waals surface area contributed by atoms with Crippen molar-refractivity contribution >= 4 is 27.7 Å². The van der Waals surface area contributed by atoms with Crippen molar-refractivity contribution in [1.82, 2.24) is 0 Å². The molecule has 1 N–H and O–H groups in total. The first-order valence-electron chi connectivity index (χ1n) is 4.86. The SMILES string of the molecule is CC(C)C(O)/C(Br)=C/Sc1ccccc1. The van der Waals surface area contributed by atoms with Crippen LogP contribution in [0.25, 0.3) is 0 Å². The highest BCUT2D eigenvalue weighted by Gasteiger charge is 2.12. The molecule has 82 valence electrons. The molecule has 0 saturated heterocycles. The number of rotatable bonds is 4. The van der Waals surface area contributed by atoms with Crippen molar-refractivity contribution in [1.29, 1.82) is 0 Å².